The quantitative estimate of drug-likeness (QED) is 0.187. The molecule has 20 heavy (non-hydrogen) atoms. The van der Waals surface area contributed by atoms with Gasteiger partial charge in [0.2, 0.25) is 0 Å². The van der Waals surface area contributed by atoms with Crippen molar-refractivity contribution in [3.63, 3.8) is 0 Å². The maximum absolute atomic E-state index is 12.5. The van der Waals surface area contributed by atoms with E-state index in [0.29, 0.717) is 6.54 Å². The molecule has 0 N–H and O–H groups in total. The van der Waals surface area contributed by atoms with E-state index >= 15 is 0 Å². The summed E-state index contributed by atoms with van der Waals surface area (Å²) in [6.45, 7) is 8.65. The number of hydrogen-bond acceptors (Lipinski definition) is 1. The molecule has 0 unspecified atom stereocenters. The van der Waals surface area contributed by atoms with Crippen LogP contribution in [0.15, 0.2) is 24.3 Å². The zero-order valence-corrected chi connectivity index (χ0v) is 13.9. The highest BCUT2D eigenvalue weighted by Gasteiger charge is 2.12. The number of hydroxylamine groups is 3. The first-order chi connectivity index (χ1) is 9.68. The molecule has 2 heteroatoms. The standard InChI is InChI=1S/C18H35NO/c1-4-7-9-11-13-15-17-19(20,6-3)18-16-14-12-10-8-5-2/h9-12H,4-8,13-18H2,1-3H3/b11-9+,12-10+. The molecule has 0 atom stereocenters. The molecule has 118 valence electrons. The number of rotatable bonds is 13. The lowest BCUT2D eigenvalue weighted by molar-refractivity contribution is -0.879. The molecule has 0 rings (SSSR count). The molecular formula is C18H35NO. The van der Waals surface area contributed by atoms with Gasteiger partial charge in [0.05, 0.1) is 19.6 Å². The third-order valence-electron chi connectivity index (χ3n) is 3.69. The highest BCUT2D eigenvalue weighted by atomic mass is 16.5. The summed E-state index contributed by atoms with van der Waals surface area (Å²) in [5.41, 5.74) is 0. The van der Waals surface area contributed by atoms with Gasteiger partial charge in [-0.05, 0) is 32.6 Å². The second kappa shape index (κ2) is 13.4. The fourth-order valence-corrected chi connectivity index (χ4v) is 2.23. The van der Waals surface area contributed by atoms with E-state index in [4.69, 9.17) is 0 Å². The molecular weight excluding hydrogens is 246 g/mol. The lowest BCUT2D eigenvalue weighted by atomic mass is 10.2. The third kappa shape index (κ3) is 11.2. The minimum atomic E-state index is -0.0107. The first kappa shape index (κ1) is 19.4. The van der Waals surface area contributed by atoms with Gasteiger partial charge >= 0.3 is 0 Å². The summed E-state index contributed by atoms with van der Waals surface area (Å²) in [5, 5.41) is 12.5. The van der Waals surface area contributed by atoms with Gasteiger partial charge in [-0.3, -0.25) is 0 Å². The summed E-state index contributed by atoms with van der Waals surface area (Å²) in [7, 11) is 0. The van der Waals surface area contributed by atoms with Gasteiger partial charge in [0.1, 0.15) is 0 Å². The van der Waals surface area contributed by atoms with Gasteiger partial charge in [0.25, 0.3) is 0 Å². The Morgan fingerprint density at radius 3 is 1.45 bits per heavy atom. The van der Waals surface area contributed by atoms with Crippen LogP contribution in [0.5, 0.6) is 0 Å². The predicted molar refractivity (Wildman–Crippen MR) is 90.5 cm³/mol. The number of allylic oxidation sites excluding steroid dienone is 4. The smallest absolute Gasteiger partial charge is 0.0786 e. The van der Waals surface area contributed by atoms with Crippen molar-refractivity contribution in [3.8, 4) is 0 Å². The van der Waals surface area contributed by atoms with Gasteiger partial charge < -0.3 is 9.85 Å². The molecule has 0 saturated heterocycles. The second-order valence-electron chi connectivity index (χ2n) is 5.63. The van der Waals surface area contributed by atoms with Crippen molar-refractivity contribution in [3.05, 3.63) is 29.5 Å². The van der Waals surface area contributed by atoms with Crippen molar-refractivity contribution in [2.45, 2.75) is 72.1 Å². The third-order valence-corrected chi connectivity index (χ3v) is 3.69. The van der Waals surface area contributed by atoms with Crippen molar-refractivity contribution in [2.24, 2.45) is 0 Å². The molecule has 0 fully saturated rings. The first-order valence-corrected chi connectivity index (χ1v) is 8.55. The van der Waals surface area contributed by atoms with Crippen molar-refractivity contribution in [2.75, 3.05) is 19.6 Å². The Hall–Kier alpha value is -0.600. The number of nitrogens with zero attached hydrogens (tertiary/aromatic N) is 1. The molecule has 0 bridgehead atoms. The highest BCUT2D eigenvalue weighted by molar-refractivity contribution is 4.81. The first-order valence-electron chi connectivity index (χ1n) is 8.55. The minimum absolute atomic E-state index is 0.0107. The summed E-state index contributed by atoms with van der Waals surface area (Å²) >= 11 is 0. The summed E-state index contributed by atoms with van der Waals surface area (Å²) < 4.78 is -0.0107. The van der Waals surface area contributed by atoms with Gasteiger partial charge in [-0.1, -0.05) is 51.0 Å². The van der Waals surface area contributed by atoms with Crippen molar-refractivity contribution >= 4 is 0 Å². The zero-order chi connectivity index (χ0) is 15.1. The van der Waals surface area contributed by atoms with E-state index in [9.17, 15) is 5.21 Å². The SMILES string of the molecule is CCC/C=C/CCC[N+]([O-])(CC)CCC/C=C/CCC. The van der Waals surface area contributed by atoms with Gasteiger partial charge in [0, 0.05) is 12.8 Å². The largest absolute Gasteiger partial charge is 0.633 e. The maximum Gasteiger partial charge on any atom is 0.0786 e. The fraction of sp³-hybridized carbons (Fsp3) is 0.778. The minimum Gasteiger partial charge on any atom is -0.633 e. The monoisotopic (exact) mass is 281 g/mol. The topological polar surface area (TPSA) is 23.1 Å². The Morgan fingerprint density at radius 1 is 0.700 bits per heavy atom. The Morgan fingerprint density at radius 2 is 1.10 bits per heavy atom. The van der Waals surface area contributed by atoms with Gasteiger partial charge in [-0.25, -0.2) is 0 Å². The molecule has 0 amide bonds. The molecule has 0 aromatic rings. The van der Waals surface area contributed by atoms with Gasteiger partial charge in [-0.15, -0.1) is 0 Å². The molecule has 0 aliphatic heterocycles. The molecule has 0 aromatic carbocycles. The Bertz CT molecular complexity index is 236. The van der Waals surface area contributed by atoms with Crippen LogP contribution in [-0.4, -0.2) is 24.3 Å². The van der Waals surface area contributed by atoms with Crippen LogP contribution in [0.2, 0.25) is 0 Å². The van der Waals surface area contributed by atoms with Crippen LogP contribution in [0.25, 0.3) is 0 Å². The molecule has 2 nitrogen and oxygen atoms in total. The Balaban J connectivity index is 3.78. The molecule has 0 aliphatic carbocycles. The van der Waals surface area contributed by atoms with Crippen LogP contribution in [0.4, 0.5) is 0 Å². The van der Waals surface area contributed by atoms with Crippen LogP contribution in [0, 0.1) is 5.21 Å². The zero-order valence-electron chi connectivity index (χ0n) is 13.9. The van der Waals surface area contributed by atoms with E-state index in [0.717, 1.165) is 51.6 Å². The van der Waals surface area contributed by atoms with Crippen molar-refractivity contribution in [1.82, 2.24) is 0 Å². The Kier molecular flexibility index (Phi) is 13.0. The number of unbranched alkanes of at least 4 members (excludes halogenated alkanes) is 4. The van der Waals surface area contributed by atoms with Crippen LogP contribution in [-0.2, 0) is 0 Å². The average Bonchev–Trinajstić information content (AvgIpc) is 2.46. The molecule has 0 heterocycles. The molecule has 0 spiro atoms. The average molecular weight is 281 g/mol. The summed E-state index contributed by atoms with van der Waals surface area (Å²) in [6, 6.07) is 0. The van der Waals surface area contributed by atoms with E-state index < -0.39 is 0 Å². The van der Waals surface area contributed by atoms with E-state index in [1.54, 1.807) is 0 Å². The second-order valence-corrected chi connectivity index (χ2v) is 5.63. The molecule has 0 aromatic heterocycles. The van der Waals surface area contributed by atoms with E-state index in [2.05, 4.69) is 38.2 Å². The van der Waals surface area contributed by atoms with E-state index in [1.807, 2.05) is 6.92 Å². The van der Waals surface area contributed by atoms with Crippen LogP contribution < -0.4 is 0 Å². The van der Waals surface area contributed by atoms with Crippen LogP contribution in [0.3, 0.4) is 0 Å². The molecule has 0 radical (unpaired) electrons. The Labute approximate surface area is 126 Å². The fourth-order valence-electron chi connectivity index (χ4n) is 2.23. The highest BCUT2D eigenvalue weighted by Crippen LogP contribution is 2.10. The maximum atomic E-state index is 12.5. The summed E-state index contributed by atoms with van der Waals surface area (Å²) in [4.78, 5) is 0. The van der Waals surface area contributed by atoms with Crippen molar-refractivity contribution in [1.29, 1.82) is 0 Å². The molecule has 0 saturated carbocycles. The number of quaternary nitrogens is 1. The molecule has 0 aliphatic rings. The lowest BCUT2D eigenvalue weighted by Crippen LogP contribution is -2.43. The summed E-state index contributed by atoms with van der Waals surface area (Å²) in [5.74, 6) is 0. The summed E-state index contributed by atoms with van der Waals surface area (Å²) in [6.07, 6.45) is 17.8. The van der Waals surface area contributed by atoms with Gasteiger partial charge in [0.15, 0.2) is 0 Å². The van der Waals surface area contributed by atoms with Crippen LogP contribution >= 0.6 is 0 Å². The normalized spacial score (nSPS) is 12.8. The van der Waals surface area contributed by atoms with Gasteiger partial charge in [-0.2, -0.15) is 0 Å². The predicted octanol–water partition coefficient (Wildman–Crippen LogP) is 5.59. The lowest BCUT2D eigenvalue weighted by Gasteiger charge is -2.42. The van der Waals surface area contributed by atoms with Crippen LogP contribution in [0.1, 0.15) is 72.1 Å². The van der Waals surface area contributed by atoms with E-state index in [-0.39, 0.29) is 4.65 Å². The number of hydrogen-bond donors (Lipinski definition) is 0. The van der Waals surface area contributed by atoms with E-state index in [1.165, 1.54) is 12.8 Å². The van der Waals surface area contributed by atoms with Crippen molar-refractivity contribution < 1.29 is 4.65 Å².